The molecule has 27 heavy (non-hydrogen) atoms. The number of fused-ring (bicyclic) bond motifs is 1. The lowest BCUT2D eigenvalue weighted by atomic mass is 9.77. The highest BCUT2D eigenvalue weighted by atomic mass is 16.1. The molecule has 2 unspecified atom stereocenters. The van der Waals surface area contributed by atoms with Gasteiger partial charge in [-0.1, -0.05) is 79.4 Å². The van der Waals surface area contributed by atoms with E-state index in [4.69, 9.17) is 0 Å². The maximum Gasteiger partial charge on any atom is 0.243 e. The topological polar surface area (TPSA) is 46.2 Å². The summed E-state index contributed by atoms with van der Waals surface area (Å²) < 4.78 is 0. The average Bonchev–Trinajstić information content (AvgIpc) is 2.71. The van der Waals surface area contributed by atoms with E-state index in [1.807, 2.05) is 48.5 Å². The van der Waals surface area contributed by atoms with E-state index in [0.29, 0.717) is 0 Å². The molecule has 2 atom stereocenters. The first kappa shape index (κ1) is 18.6. The summed E-state index contributed by atoms with van der Waals surface area (Å²) in [5.41, 5.74) is 2.15. The number of benzene rings is 3. The Balaban J connectivity index is 2.14. The van der Waals surface area contributed by atoms with Crippen LogP contribution in [0.3, 0.4) is 0 Å². The van der Waals surface area contributed by atoms with Crippen molar-refractivity contribution in [1.29, 1.82) is 0 Å². The molecule has 3 aromatic carbocycles. The number of nitrogens with one attached hydrogen (secondary N) is 1. The zero-order valence-electron chi connectivity index (χ0n) is 15.4. The molecule has 3 aromatic rings. The quantitative estimate of drug-likeness (QED) is 0.634. The summed E-state index contributed by atoms with van der Waals surface area (Å²) in [6.07, 6.45) is 1.23. The molecule has 3 nitrogen and oxygen atoms in total. The van der Waals surface area contributed by atoms with Gasteiger partial charge in [-0.2, -0.15) is 0 Å². The lowest BCUT2D eigenvalue weighted by molar-refractivity contribution is -0.121. The minimum absolute atomic E-state index is 0.0427. The second kappa shape index (κ2) is 8.45. The van der Waals surface area contributed by atoms with Crippen LogP contribution in [0.15, 0.2) is 85.5 Å². The van der Waals surface area contributed by atoms with Crippen molar-refractivity contribution in [3.05, 3.63) is 96.6 Å². The Kier molecular flexibility index (Phi) is 5.82. The Labute approximate surface area is 159 Å². The number of ketones is 1. The van der Waals surface area contributed by atoms with Gasteiger partial charge in [0.05, 0.1) is 0 Å². The van der Waals surface area contributed by atoms with Crippen LogP contribution in [0.4, 0.5) is 0 Å². The summed E-state index contributed by atoms with van der Waals surface area (Å²) in [6, 6.07) is 24.3. The Bertz CT molecular complexity index is 957. The SMILES string of the molecule is C=CC(=O)NCC(C(C)=O)C(c1ccccc1)c1cccc2ccccc12. The zero-order chi connectivity index (χ0) is 19.2. The first-order valence-corrected chi connectivity index (χ1v) is 9.05. The monoisotopic (exact) mass is 357 g/mol. The van der Waals surface area contributed by atoms with Crippen LogP contribution in [0.1, 0.15) is 24.0 Å². The van der Waals surface area contributed by atoms with Gasteiger partial charge in [0.1, 0.15) is 5.78 Å². The molecule has 0 bridgehead atoms. The van der Waals surface area contributed by atoms with E-state index >= 15 is 0 Å². The number of amides is 1. The summed E-state index contributed by atoms with van der Waals surface area (Å²) in [7, 11) is 0. The number of Topliss-reactive ketones (excluding diaryl/α,β-unsaturated/α-hetero) is 1. The van der Waals surface area contributed by atoms with E-state index in [2.05, 4.69) is 36.2 Å². The normalized spacial score (nSPS) is 12.9. The van der Waals surface area contributed by atoms with Crippen molar-refractivity contribution in [2.45, 2.75) is 12.8 Å². The van der Waals surface area contributed by atoms with Gasteiger partial charge in [-0.05, 0) is 34.9 Å². The molecule has 0 heterocycles. The third kappa shape index (κ3) is 4.14. The highest BCUT2D eigenvalue weighted by Gasteiger charge is 2.30. The molecular formula is C24H23NO2. The Hall–Kier alpha value is -3.20. The summed E-state index contributed by atoms with van der Waals surface area (Å²) in [6.45, 7) is 5.34. The van der Waals surface area contributed by atoms with E-state index in [1.165, 1.54) is 6.08 Å². The molecule has 0 spiro atoms. The Morgan fingerprint density at radius 3 is 2.33 bits per heavy atom. The second-order valence-electron chi connectivity index (χ2n) is 6.62. The van der Waals surface area contributed by atoms with Crippen molar-refractivity contribution in [3.63, 3.8) is 0 Å². The predicted octanol–water partition coefficient (Wildman–Crippen LogP) is 4.48. The van der Waals surface area contributed by atoms with Crippen LogP contribution >= 0.6 is 0 Å². The van der Waals surface area contributed by atoms with Crippen LogP contribution in [-0.2, 0) is 9.59 Å². The van der Waals surface area contributed by atoms with Crippen LogP contribution in [-0.4, -0.2) is 18.2 Å². The van der Waals surface area contributed by atoms with Gasteiger partial charge in [0, 0.05) is 18.4 Å². The van der Waals surface area contributed by atoms with E-state index in [9.17, 15) is 9.59 Å². The maximum atomic E-state index is 12.6. The van der Waals surface area contributed by atoms with E-state index in [1.54, 1.807) is 6.92 Å². The standard InChI is InChI=1S/C24H23NO2/c1-3-23(27)25-16-22(17(2)26)24(19-11-5-4-6-12-19)21-15-9-13-18-10-7-8-14-20(18)21/h3-15,22,24H,1,16H2,2H3,(H,25,27). The number of hydrogen-bond acceptors (Lipinski definition) is 2. The molecule has 0 aliphatic rings. The van der Waals surface area contributed by atoms with Crippen molar-refractivity contribution in [2.24, 2.45) is 5.92 Å². The van der Waals surface area contributed by atoms with Gasteiger partial charge in [0.2, 0.25) is 5.91 Å². The predicted molar refractivity (Wildman–Crippen MR) is 110 cm³/mol. The van der Waals surface area contributed by atoms with E-state index in [-0.39, 0.29) is 30.1 Å². The largest absolute Gasteiger partial charge is 0.352 e. The van der Waals surface area contributed by atoms with Gasteiger partial charge < -0.3 is 5.32 Å². The Morgan fingerprint density at radius 2 is 1.63 bits per heavy atom. The number of carbonyl (C=O) groups excluding carboxylic acids is 2. The van der Waals surface area contributed by atoms with Crippen LogP contribution < -0.4 is 5.32 Å². The summed E-state index contributed by atoms with van der Waals surface area (Å²) in [5, 5.41) is 5.06. The van der Waals surface area contributed by atoms with Gasteiger partial charge >= 0.3 is 0 Å². The van der Waals surface area contributed by atoms with Crippen LogP contribution in [0.2, 0.25) is 0 Å². The minimum Gasteiger partial charge on any atom is -0.352 e. The molecule has 0 fully saturated rings. The zero-order valence-corrected chi connectivity index (χ0v) is 15.4. The van der Waals surface area contributed by atoms with Gasteiger partial charge in [0.25, 0.3) is 0 Å². The highest BCUT2D eigenvalue weighted by Crippen LogP contribution is 2.36. The smallest absolute Gasteiger partial charge is 0.243 e. The molecule has 0 aliphatic heterocycles. The number of carbonyl (C=O) groups is 2. The van der Waals surface area contributed by atoms with Gasteiger partial charge in [0.15, 0.2) is 0 Å². The van der Waals surface area contributed by atoms with Gasteiger partial charge in [-0.15, -0.1) is 0 Å². The average molecular weight is 357 g/mol. The second-order valence-corrected chi connectivity index (χ2v) is 6.62. The molecule has 3 heteroatoms. The summed E-state index contributed by atoms with van der Waals surface area (Å²) >= 11 is 0. The molecule has 136 valence electrons. The highest BCUT2D eigenvalue weighted by molar-refractivity contribution is 5.90. The van der Waals surface area contributed by atoms with Crippen molar-refractivity contribution in [3.8, 4) is 0 Å². The molecule has 1 N–H and O–H groups in total. The summed E-state index contributed by atoms with van der Waals surface area (Å²) in [5.74, 6) is -0.755. The van der Waals surface area contributed by atoms with Crippen LogP contribution in [0, 0.1) is 5.92 Å². The van der Waals surface area contributed by atoms with Crippen molar-refractivity contribution in [1.82, 2.24) is 5.32 Å². The van der Waals surface area contributed by atoms with E-state index < -0.39 is 0 Å². The van der Waals surface area contributed by atoms with Crippen LogP contribution in [0.5, 0.6) is 0 Å². The molecule has 0 saturated heterocycles. The molecule has 0 aliphatic carbocycles. The first-order chi connectivity index (χ1) is 13.1. The molecule has 0 radical (unpaired) electrons. The molecule has 1 amide bonds. The van der Waals surface area contributed by atoms with Crippen molar-refractivity contribution >= 4 is 22.5 Å². The van der Waals surface area contributed by atoms with Crippen LogP contribution in [0.25, 0.3) is 10.8 Å². The minimum atomic E-state index is -0.373. The number of hydrogen-bond donors (Lipinski definition) is 1. The molecule has 0 saturated carbocycles. The molecular weight excluding hydrogens is 334 g/mol. The Morgan fingerprint density at radius 1 is 0.963 bits per heavy atom. The molecule has 0 aromatic heterocycles. The number of rotatable bonds is 7. The van der Waals surface area contributed by atoms with Gasteiger partial charge in [-0.25, -0.2) is 0 Å². The maximum absolute atomic E-state index is 12.6. The fraction of sp³-hybridized carbons (Fsp3) is 0.167. The fourth-order valence-corrected chi connectivity index (χ4v) is 3.59. The third-order valence-corrected chi connectivity index (χ3v) is 4.92. The fourth-order valence-electron chi connectivity index (χ4n) is 3.59. The summed E-state index contributed by atoms with van der Waals surface area (Å²) in [4.78, 5) is 24.3. The van der Waals surface area contributed by atoms with E-state index in [0.717, 1.165) is 21.9 Å². The van der Waals surface area contributed by atoms with Crippen molar-refractivity contribution in [2.75, 3.05) is 6.54 Å². The lowest BCUT2D eigenvalue weighted by Gasteiger charge is -2.27. The van der Waals surface area contributed by atoms with Crippen molar-refractivity contribution < 1.29 is 9.59 Å². The van der Waals surface area contributed by atoms with Gasteiger partial charge in [-0.3, -0.25) is 9.59 Å². The lowest BCUT2D eigenvalue weighted by Crippen LogP contribution is -2.35. The molecule has 3 rings (SSSR count). The third-order valence-electron chi connectivity index (χ3n) is 4.92. The first-order valence-electron chi connectivity index (χ1n) is 9.05.